The topological polar surface area (TPSA) is 24.7 Å². The first-order valence-corrected chi connectivity index (χ1v) is 19.7. The van der Waals surface area contributed by atoms with Gasteiger partial charge in [-0.25, -0.2) is 0 Å². The quantitative estimate of drug-likeness (QED) is 0.123. The van der Waals surface area contributed by atoms with Crippen LogP contribution in [0.5, 0.6) is 0 Å². The number of halogens is 2. The number of aryl methyl sites for hydroxylation is 6. The summed E-state index contributed by atoms with van der Waals surface area (Å²) in [5, 5.41) is 4.70. The van der Waals surface area contributed by atoms with Crippen LogP contribution in [-0.2, 0) is 10.9 Å². The third-order valence-electron chi connectivity index (χ3n) is 8.21. The summed E-state index contributed by atoms with van der Waals surface area (Å²) in [7, 11) is 1.25. The Labute approximate surface area is 287 Å². The fraction of sp³-hybridized carbons (Fsp3) is 0.150. The summed E-state index contributed by atoms with van der Waals surface area (Å²) in [6.45, 7) is 12.9. The van der Waals surface area contributed by atoms with E-state index in [0.717, 1.165) is 22.5 Å². The molecule has 0 aliphatic rings. The van der Waals surface area contributed by atoms with E-state index in [1.54, 1.807) is 0 Å². The second kappa shape index (κ2) is 14.8. The number of nitrogens with zero attached hydrogens (tertiary/aromatic N) is 2. The van der Waals surface area contributed by atoms with E-state index in [1.807, 2.05) is 12.4 Å². The van der Waals surface area contributed by atoms with Gasteiger partial charge in [0.15, 0.2) is 0 Å². The van der Waals surface area contributed by atoms with Crippen LogP contribution in [0.3, 0.4) is 0 Å². The summed E-state index contributed by atoms with van der Waals surface area (Å²) in [6, 6.07) is 34.7. The van der Waals surface area contributed by atoms with Gasteiger partial charge in [0.05, 0.1) is 11.4 Å². The Morgan fingerprint density at radius 1 is 0.489 bits per heavy atom. The number of fused-ring (bicyclic) bond motifs is 2. The van der Waals surface area contributed by atoms with Gasteiger partial charge in [0, 0.05) is 23.6 Å². The van der Waals surface area contributed by atoms with Gasteiger partial charge in [-0.3, -0.25) is 9.98 Å². The second-order valence-corrected chi connectivity index (χ2v) is 16.5. The van der Waals surface area contributed by atoms with Gasteiger partial charge in [0.2, 0.25) is 0 Å². The van der Waals surface area contributed by atoms with Crippen LogP contribution in [-0.4, -0.2) is 12.4 Å². The SMILES string of the molecule is Cc1cc(C)c(C=Nc2ccc3ccccc3c2-c2c(N=Cc3c(C)cc(C)cc3C)ccc3ccccc23)c(C)c1.[Br][Ni][Br]. The number of hydrogen-bond donors (Lipinski definition) is 0. The molecule has 230 valence electrons. The molecular formula is C40H36Br2N2Ni. The molecule has 0 saturated heterocycles. The maximum atomic E-state index is 5.18. The molecule has 6 rings (SSSR count). The van der Waals surface area contributed by atoms with Crippen molar-refractivity contribution < 1.29 is 10.9 Å². The van der Waals surface area contributed by atoms with Gasteiger partial charge in [-0.2, -0.15) is 0 Å². The first kappa shape index (κ1) is 33.0. The Balaban J connectivity index is 0.00000128. The molecule has 0 bridgehead atoms. The van der Waals surface area contributed by atoms with Crippen molar-refractivity contribution in [3.05, 3.63) is 142 Å². The van der Waals surface area contributed by atoms with E-state index in [-0.39, 0.29) is 0 Å². The van der Waals surface area contributed by atoms with E-state index in [1.165, 1.54) is 77.0 Å². The Bertz CT molecular complexity index is 1880. The molecule has 2 nitrogen and oxygen atoms in total. The summed E-state index contributed by atoms with van der Waals surface area (Å²) in [6.07, 6.45) is 4.07. The van der Waals surface area contributed by atoms with Crippen molar-refractivity contribution in [2.75, 3.05) is 0 Å². The van der Waals surface area contributed by atoms with Crippen LogP contribution in [0.15, 0.2) is 107 Å². The molecular weight excluding hydrogens is 727 g/mol. The Morgan fingerprint density at radius 2 is 0.822 bits per heavy atom. The maximum absolute atomic E-state index is 5.18. The molecule has 0 spiro atoms. The molecule has 0 aliphatic carbocycles. The third-order valence-corrected chi connectivity index (χ3v) is 8.21. The molecule has 0 atom stereocenters. The van der Waals surface area contributed by atoms with Crippen LogP contribution in [0.2, 0.25) is 0 Å². The van der Waals surface area contributed by atoms with Crippen LogP contribution >= 0.6 is 28.5 Å². The Kier molecular flexibility index (Phi) is 10.9. The predicted octanol–water partition coefficient (Wildman–Crippen LogP) is 12.7. The Morgan fingerprint density at radius 3 is 1.18 bits per heavy atom. The van der Waals surface area contributed by atoms with Gasteiger partial charge < -0.3 is 0 Å². The molecule has 0 radical (unpaired) electrons. The summed E-state index contributed by atoms with van der Waals surface area (Å²) >= 11 is 6.00. The zero-order valence-corrected chi connectivity index (χ0v) is 30.5. The van der Waals surface area contributed by atoms with E-state index < -0.39 is 0 Å². The molecule has 5 heteroatoms. The zero-order valence-electron chi connectivity index (χ0n) is 26.4. The fourth-order valence-electron chi connectivity index (χ4n) is 6.32. The van der Waals surface area contributed by atoms with E-state index >= 15 is 0 Å². The molecule has 0 N–H and O–H groups in total. The molecule has 0 heterocycles. The monoisotopic (exact) mass is 760 g/mol. The number of aliphatic imine (C=N–C) groups is 2. The molecule has 6 aromatic rings. The third kappa shape index (κ3) is 7.38. The van der Waals surface area contributed by atoms with Crippen LogP contribution in [0.1, 0.15) is 44.5 Å². The van der Waals surface area contributed by atoms with Gasteiger partial charge in [0.25, 0.3) is 0 Å². The normalized spacial score (nSPS) is 11.6. The minimum absolute atomic E-state index is 0.934. The average Bonchev–Trinajstić information content (AvgIpc) is 3.00. The van der Waals surface area contributed by atoms with Crippen molar-refractivity contribution in [2.45, 2.75) is 41.5 Å². The second-order valence-electron chi connectivity index (χ2n) is 11.5. The molecule has 0 aromatic heterocycles. The van der Waals surface area contributed by atoms with Crippen LogP contribution < -0.4 is 0 Å². The van der Waals surface area contributed by atoms with E-state index in [2.05, 4.69) is 167 Å². The summed E-state index contributed by atoms with van der Waals surface area (Å²) in [4.78, 5) is 10.4. The van der Waals surface area contributed by atoms with Crippen LogP contribution in [0.25, 0.3) is 32.7 Å². The van der Waals surface area contributed by atoms with Crippen molar-refractivity contribution in [3.8, 4) is 11.1 Å². The molecule has 0 unspecified atom stereocenters. The minimum atomic E-state index is 0.934. The van der Waals surface area contributed by atoms with Crippen LogP contribution in [0, 0.1) is 41.5 Å². The van der Waals surface area contributed by atoms with Gasteiger partial charge in [-0.05, 0) is 109 Å². The van der Waals surface area contributed by atoms with E-state index in [9.17, 15) is 0 Å². The Hall–Kier alpha value is -3.37. The van der Waals surface area contributed by atoms with Gasteiger partial charge in [0.1, 0.15) is 0 Å². The van der Waals surface area contributed by atoms with Crippen molar-refractivity contribution in [1.29, 1.82) is 0 Å². The molecule has 0 saturated carbocycles. The van der Waals surface area contributed by atoms with Crippen LogP contribution in [0.4, 0.5) is 11.4 Å². The van der Waals surface area contributed by atoms with Crippen molar-refractivity contribution in [3.63, 3.8) is 0 Å². The number of hydrogen-bond acceptors (Lipinski definition) is 2. The summed E-state index contributed by atoms with van der Waals surface area (Å²) < 4.78 is 0. The molecule has 0 aliphatic heterocycles. The van der Waals surface area contributed by atoms with Crippen molar-refractivity contribution >= 4 is 73.8 Å². The number of rotatable bonds is 5. The molecule has 0 amide bonds. The summed E-state index contributed by atoms with van der Waals surface area (Å²) in [5.74, 6) is 0. The van der Waals surface area contributed by atoms with Gasteiger partial charge in [-0.15, -0.1) is 0 Å². The average molecular weight is 763 g/mol. The van der Waals surface area contributed by atoms with Gasteiger partial charge in [-0.1, -0.05) is 96.1 Å². The van der Waals surface area contributed by atoms with Gasteiger partial charge >= 0.3 is 39.3 Å². The van der Waals surface area contributed by atoms with E-state index in [4.69, 9.17) is 9.98 Å². The predicted molar refractivity (Wildman–Crippen MR) is 201 cm³/mol. The fourth-order valence-corrected chi connectivity index (χ4v) is 6.32. The van der Waals surface area contributed by atoms with Crippen molar-refractivity contribution in [1.82, 2.24) is 0 Å². The van der Waals surface area contributed by atoms with E-state index in [0.29, 0.717) is 0 Å². The van der Waals surface area contributed by atoms with Crippen molar-refractivity contribution in [2.24, 2.45) is 9.98 Å². The zero-order chi connectivity index (χ0) is 32.1. The molecule has 0 fully saturated rings. The first-order valence-electron chi connectivity index (χ1n) is 14.8. The summed E-state index contributed by atoms with van der Waals surface area (Å²) in [5.41, 5.74) is 13.9. The first-order chi connectivity index (χ1) is 21.7. The molecule has 6 aromatic carbocycles. The number of benzene rings is 6. The standard InChI is InChI=1S/C40H36N2.2BrH.Ni/c1-25-19-27(3)35(28(4)20-25)23-41-37-17-15-31-11-7-9-13-33(31)39(37)40-34-14-10-8-12-32(34)16-18-38(40)42-24-36-29(5)21-26(2)22-30(36)6;;;/h7-24H,1-6H3;2*1H;/q;;;+2/p-2. The molecule has 45 heavy (non-hydrogen) atoms.